The predicted octanol–water partition coefficient (Wildman–Crippen LogP) is 2.86. The quantitative estimate of drug-likeness (QED) is 0.831. The summed E-state index contributed by atoms with van der Waals surface area (Å²) in [6.07, 6.45) is 5.45. The Hall–Kier alpha value is -1.91. The van der Waals surface area contributed by atoms with E-state index < -0.39 is 0 Å². The molecule has 0 atom stereocenters. The zero-order valence-corrected chi connectivity index (χ0v) is 12.1. The number of pyridine rings is 1. The lowest BCUT2D eigenvalue weighted by atomic mass is 10.2. The lowest BCUT2D eigenvalue weighted by molar-refractivity contribution is 0.827. The van der Waals surface area contributed by atoms with Crippen molar-refractivity contribution in [1.82, 2.24) is 15.0 Å². The van der Waals surface area contributed by atoms with E-state index in [1.165, 1.54) is 0 Å². The van der Waals surface area contributed by atoms with Crippen molar-refractivity contribution in [3.63, 3.8) is 0 Å². The van der Waals surface area contributed by atoms with Crippen LogP contribution in [0.1, 0.15) is 39.2 Å². The smallest absolute Gasteiger partial charge is 0.258 e. The third-order valence-corrected chi connectivity index (χ3v) is 2.64. The molecule has 0 aliphatic carbocycles. The van der Waals surface area contributed by atoms with Crippen LogP contribution in [0.3, 0.4) is 0 Å². The first-order valence-corrected chi connectivity index (χ1v) is 6.81. The van der Waals surface area contributed by atoms with E-state index in [0.29, 0.717) is 16.9 Å². The summed E-state index contributed by atoms with van der Waals surface area (Å²) in [4.78, 5) is 22.7. The summed E-state index contributed by atoms with van der Waals surface area (Å²) in [7, 11) is 0. The molecule has 0 saturated carbocycles. The highest BCUT2D eigenvalue weighted by Gasteiger charge is 2.05. The number of nitrogens with zero attached hydrogens (tertiary/aromatic N) is 2. The molecule has 0 bridgehead atoms. The summed E-state index contributed by atoms with van der Waals surface area (Å²) < 4.78 is 0. The maximum Gasteiger partial charge on any atom is 0.258 e. The molecule has 2 aromatic rings. The molecule has 0 aliphatic rings. The number of aromatic nitrogens is 3. The zero-order valence-electron chi connectivity index (χ0n) is 12.1. The summed E-state index contributed by atoms with van der Waals surface area (Å²) in [5.74, 6) is 0.583. The van der Waals surface area contributed by atoms with Gasteiger partial charge in [-0.15, -0.1) is 0 Å². The molecule has 0 amide bonds. The van der Waals surface area contributed by atoms with E-state index in [1.54, 1.807) is 12.4 Å². The molecule has 0 fully saturated rings. The number of H-pyrrole nitrogens is 1. The fourth-order valence-corrected chi connectivity index (χ4v) is 1.63. The van der Waals surface area contributed by atoms with Gasteiger partial charge in [-0.2, -0.15) is 0 Å². The van der Waals surface area contributed by atoms with Crippen LogP contribution in [0, 0.1) is 6.92 Å². The second-order valence-corrected chi connectivity index (χ2v) is 4.04. The van der Waals surface area contributed by atoms with E-state index in [-0.39, 0.29) is 5.56 Å². The van der Waals surface area contributed by atoms with Crippen LogP contribution in [0.5, 0.6) is 0 Å². The van der Waals surface area contributed by atoms with Crippen molar-refractivity contribution in [3.8, 4) is 0 Å². The third-order valence-electron chi connectivity index (χ3n) is 2.64. The second kappa shape index (κ2) is 7.51. The normalized spacial score (nSPS) is 9.89. The van der Waals surface area contributed by atoms with Crippen molar-refractivity contribution in [2.24, 2.45) is 0 Å². The van der Waals surface area contributed by atoms with Crippen LogP contribution < -0.4 is 10.9 Å². The molecule has 2 aromatic heterocycles. The van der Waals surface area contributed by atoms with Crippen molar-refractivity contribution in [2.45, 2.75) is 40.5 Å². The Balaban J connectivity index is 0.000000861. The van der Waals surface area contributed by atoms with Crippen LogP contribution in [0.2, 0.25) is 0 Å². The van der Waals surface area contributed by atoms with E-state index in [1.807, 2.05) is 20.8 Å². The van der Waals surface area contributed by atoms with Crippen molar-refractivity contribution in [1.29, 1.82) is 0 Å². The molecular weight excluding hydrogens is 240 g/mol. The maximum absolute atomic E-state index is 11.5. The first-order valence-electron chi connectivity index (χ1n) is 6.81. The van der Waals surface area contributed by atoms with Crippen LogP contribution in [0.25, 0.3) is 10.9 Å². The molecule has 0 saturated heterocycles. The number of rotatable bonds is 4. The van der Waals surface area contributed by atoms with Gasteiger partial charge in [-0.3, -0.25) is 4.79 Å². The number of hydrogen-bond acceptors (Lipinski definition) is 4. The fraction of sp³-hybridized carbons (Fsp3) is 0.500. The van der Waals surface area contributed by atoms with Crippen molar-refractivity contribution < 1.29 is 0 Å². The molecule has 2 rings (SSSR count). The van der Waals surface area contributed by atoms with Crippen molar-refractivity contribution in [2.75, 3.05) is 11.9 Å². The first kappa shape index (κ1) is 15.1. The van der Waals surface area contributed by atoms with Crippen molar-refractivity contribution in [3.05, 3.63) is 28.3 Å². The molecule has 5 nitrogen and oxygen atoms in total. The zero-order chi connectivity index (χ0) is 14.3. The average Bonchev–Trinajstić information content (AvgIpc) is 2.46. The van der Waals surface area contributed by atoms with Gasteiger partial charge in [0, 0.05) is 18.9 Å². The van der Waals surface area contributed by atoms with E-state index >= 15 is 0 Å². The van der Waals surface area contributed by atoms with Crippen molar-refractivity contribution >= 4 is 16.9 Å². The Kier molecular flexibility index (Phi) is 5.99. The highest BCUT2D eigenvalue weighted by atomic mass is 16.1. The average molecular weight is 262 g/mol. The van der Waals surface area contributed by atoms with Crippen LogP contribution in [-0.2, 0) is 0 Å². The lowest BCUT2D eigenvalue weighted by Crippen LogP contribution is -2.10. The molecule has 19 heavy (non-hydrogen) atoms. The molecule has 5 heteroatoms. The van der Waals surface area contributed by atoms with E-state index in [0.717, 1.165) is 24.9 Å². The van der Waals surface area contributed by atoms with Gasteiger partial charge < -0.3 is 10.3 Å². The molecular formula is C14H22N4O. The Morgan fingerprint density at radius 1 is 1.37 bits per heavy atom. The molecule has 0 unspecified atom stereocenters. The summed E-state index contributed by atoms with van der Waals surface area (Å²) in [5.41, 5.74) is 1.51. The number of fused-ring (bicyclic) bond motifs is 1. The van der Waals surface area contributed by atoms with E-state index in [9.17, 15) is 4.79 Å². The van der Waals surface area contributed by atoms with Gasteiger partial charge in [-0.1, -0.05) is 27.2 Å². The molecule has 2 N–H and O–H groups in total. The Morgan fingerprint density at radius 3 is 2.79 bits per heavy atom. The predicted molar refractivity (Wildman–Crippen MR) is 79.6 cm³/mol. The van der Waals surface area contributed by atoms with Gasteiger partial charge >= 0.3 is 0 Å². The van der Waals surface area contributed by atoms with Gasteiger partial charge in [0.2, 0.25) is 5.95 Å². The highest BCUT2D eigenvalue weighted by Crippen LogP contribution is 2.12. The van der Waals surface area contributed by atoms with Gasteiger partial charge in [-0.05, 0) is 18.9 Å². The fourth-order valence-electron chi connectivity index (χ4n) is 1.63. The number of unbranched alkanes of at least 4 members (excludes halogenated alkanes) is 1. The maximum atomic E-state index is 11.5. The first-order chi connectivity index (χ1) is 9.22. The SMILES string of the molecule is CC.CCCCNc1ncc2c(=O)[nH]cc(C)c2n1. The van der Waals surface area contributed by atoms with Gasteiger partial charge in [-0.25, -0.2) is 9.97 Å². The number of aryl methyl sites for hydroxylation is 1. The van der Waals surface area contributed by atoms with E-state index in [2.05, 4.69) is 27.2 Å². The molecule has 0 aliphatic heterocycles. The lowest BCUT2D eigenvalue weighted by Gasteiger charge is -2.05. The minimum absolute atomic E-state index is 0.147. The Morgan fingerprint density at radius 2 is 2.11 bits per heavy atom. The second-order valence-electron chi connectivity index (χ2n) is 4.04. The molecule has 104 valence electrons. The van der Waals surface area contributed by atoms with Gasteiger partial charge in [0.25, 0.3) is 5.56 Å². The largest absolute Gasteiger partial charge is 0.354 e. The summed E-state index contributed by atoms with van der Waals surface area (Å²) in [6.45, 7) is 8.90. The number of anilines is 1. The number of hydrogen-bond donors (Lipinski definition) is 2. The number of nitrogens with one attached hydrogen (secondary N) is 2. The Labute approximate surface area is 113 Å². The molecule has 0 spiro atoms. The standard InChI is InChI=1S/C12H16N4O.C2H6/c1-3-4-5-13-12-15-7-9-10(16-12)8(2)6-14-11(9)17;1-2/h6-7H,3-5H2,1-2H3,(H,14,17)(H,13,15,16);1-2H3. The Bertz CT molecular complexity index is 577. The summed E-state index contributed by atoms with van der Waals surface area (Å²) >= 11 is 0. The third kappa shape index (κ3) is 3.77. The molecule has 2 heterocycles. The van der Waals surface area contributed by atoms with Gasteiger partial charge in [0.1, 0.15) is 0 Å². The van der Waals surface area contributed by atoms with Gasteiger partial charge in [0.05, 0.1) is 10.9 Å². The topological polar surface area (TPSA) is 70.7 Å². The van der Waals surface area contributed by atoms with Crippen LogP contribution in [0.4, 0.5) is 5.95 Å². The van der Waals surface area contributed by atoms with Crippen LogP contribution >= 0.6 is 0 Å². The molecule has 0 radical (unpaired) electrons. The monoisotopic (exact) mass is 262 g/mol. The van der Waals surface area contributed by atoms with E-state index in [4.69, 9.17) is 0 Å². The minimum Gasteiger partial charge on any atom is -0.354 e. The summed E-state index contributed by atoms with van der Waals surface area (Å²) in [6, 6.07) is 0. The van der Waals surface area contributed by atoms with Gasteiger partial charge in [0.15, 0.2) is 0 Å². The number of aromatic amines is 1. The summed E-state index contributed by atoms with van der Waals surface area (Å²) in [5, 5.41) is 3.68. The minimum atomic E-state index is -0.147. The molecule has 0 aromatic carbocycles. The highest BCUT2D eigenvalue weighted by molar-refractivity contribution is 5.80. The van der Waals surface area contributed by atoms with Crippen LogP contribution in [0.15, 0.2) is 17.2 Å². The van der Waals surface area contributed by atoms with Crippen LogP contribution in [-0.4, -0.2) is 21.5 Å².